The molecule has 2 amide bonds. The van der Waals surface area contributed by atoms with Crippen LogP contribution in [0.15, 0.2) is 42.5 Å². The quantitative estimate of drug-likeness (QED) is 0.275. The van der Waals surface area contributed by atoms with Crippen LogP contribution >= 0.6 is 0 Å². The molecule has 2 aromatic carbocycles. The maximum atomic E-state index is 11.5. The number of nitrogens with zero attached hydrogens (tertiary/aromatic N) is 1. The molecule has 0 spiro atoms. The molecule has 0 bridgehead atoms. The van der Waals surface area contributed by atoms with E-state index in [1.165, 1.54) is 0 Å². The van der Waals surface area contributed by atoms with E-state index in [0.29, 0.717) is 42.1 Å². The molecule has 0 radical (unpaired) electrons. The summed E-state index contributed by atoms with van der Waals surface area (Å²) in [6.45, 7) is 0.477. The van der Waals surface area contributed by atoms with Crippen LogP contribution in [0, 0.1) is 0 Å². The molecule has 8 nitrogen and oxygen atoms in total. The summed E-state index contributed by atoms with van der Waals surface area (Å²) in [6.07, 6.45) is 1.60. The van der Waals surface area contributed by atoms with Crippen molar-refractivity contribution in [1.82, 2.24) is 15.4 Å². The molecule has 3 aromatic rings. The van der Waals surface area contributed by atoms with E-state index in [9.17, 15) is 9.59 Å². The highest BCUT2D eigenvalue weighted by Crippen LogP contribution is 2.24. The average Bonchev–Trinajstić information content (AvgIpc) is 3.12. The molecule has 0 saturated heterocycles. The molecule has 27 heavy (non-hydrogen) atoms. The molecular formula is C19H20N4O4. The van der Waals surface area contributed by atoms with Gasteiger partial charge < -0.3 is 15.5 Å². The third kappa shape index (κ3) is 4.42. The number of hydrogen-bond acceptors (Lipinski definition) is 5. The summed E-state index contributed by atoms with van der Waals surface area (Å²) < 4.78 is 5.64. The first-order chi connectivity index (χ1) is 13.1. The van der Waals surface area contributed by atoms with Gasteiger partial charge in [-0.1, -0.05) is 6.07 Å². The number of ether oxygens (including phenoxy) is 1. The summed E-state index contributed by atoms with van der Waals surface area (Å²) in [4.78, 5) is 30.1. The van der Waals surface area contributed by atoms with E-state index in [0.717, 1.165) is 11.1 Å². The van der Waals surface area contributed by atoms with Gasteiger partial charge in [0, 0.05) is 12.0 Å². The molecule has 0 aliphatic heterocycles. The maximum Gasteiger partial charge on any atom is 0.250 e. The van der Waals surface area contributed by atoms with Crippen LogP contribution in [-0.2, 0) is 4.79 Å². The van der Waals surface area contributed by atoms with Gasteiger partial charge in [0.1, 0.15) is 17.1 Å². The number of aromatic nitrogens is 2. The number of hydrogen-bond donors (Lipinski definition) is 4. The summed E-state index contributed by atoms with van der Waals surface area (Å²) in [5.74, 6) is 0.433. The standard InChI is InChI=1S/C19H20N4O4/c20-18(25)14-4-3-5-15-17(14)22-19(21-15)12-7-9-13(10-8-12)27-11-2-1-6-16(24)23-26/h3-5,7-10,26H,1-2,6,11H2,(H2,20,25)(H,21,22)(H,23,24). The molecule has 0 unspecified atom stereocenters. The number of unbranched alkanes of at least 4 members (excludes halogenated alkanes) is 1. The molecule has 140 valence electrons. The SMILES string of the molecule is NC(=O)c1cccc2[nH]c(-c3ccc(OCCCCC(=O)NO)cc3)nc12. The van der Waals surface area contributed by atoms with Crippen molar-refractivity contribution in [2.24, 2.45) is 5.73 Å². The molecule has 8 heteroatoms. The van der Waals surface area contributed by atoms with Crippen LogP contribution in [0.5, 0.6) is 5.75 Å². The van der Waals surface area contributed by atoms with E-state index in [1.807, 2.05) is 30.3 Å². The second-order valence-electron chi connectivity index (χ2n) is 6.02. The van der Waals surface area contributed by atoms with Crippen molar-refractivity contribution in [2.45, 2.75) is 19.3 Å². The van der Waals surface area contributed by atoms with Crippen molar-refractivity contribution in [3.8, 4) is 17.1 Å². The molecule has 3 rings (SSSR count). The lowest BCUT2D eigenvalue weighted by Crippen LogP contribution is -2.18. The number of fused-ring (bicyclic) bond motifs is 1. The van der Waals surface area contributed by atoms with Crippen molar-refractivity contribution in [2.75, 3.05) is 6.61 Å². The van der Waals surface area contributed by atoms with Gasteiger partial charge >= 0.3 is 0 Å². The van der Waals surface area contributed by atoms with Crippen LogP contribution in [0.3, 0.4) is 0 Å². The number of rotatable bonds is 8. The first-order valence-corrected chi connectivity index (χ1v) is 8.53. The number of primary amides is 1. The third-order valence-corrected chi connectivity index (χ3v) is 4.10. The zero-order valence-electron chi connectivity index (χ0n) is 14.6. The summed E-state index contributed by atoms with van der Waals surface area (Å²) in [7, 11) is 0. The second-order valence-corrected chi connectivity index (χ2v) is 6.02. The maximum absolute atomic E-state index is 11.5. The monoisotopic (exact) mass is 368 g/mol. The van der Waals surface area contributed by atoms with Crippen LogP contribution in [-0.4, -0.2) is 33.6 Å². The fraction of sp³-hybridized carbons (Fsp3) is 0.211. The van der Waals surface area contributed by atoms with Crippen molar-refractivity contribution in [1.29, 1.82) is 0 Å². The van der Waals surface area contributed by atoms with Gasteiger partial charge in [-0.05, 0) is 49.2 Å². The molecule has 0 saturated carbocycles. The molecule has 0 fully saturated rings. The van der Waals surface area contributed by atoms with Gasteiger partial charge in [0.2, 0.25) is 5.91 Å². The Balaban J connectivity index is 1.64. The second kappa shape index (κ2) is 8.33. The Morgan fingerprint density at radius 2 is 1.93 bits per heavy atom. The van der Waals surface area contributed by atoms with E-state index in [4.69, 9.17) is 15.7 Å². The van der Waals surface area contributed by atoms with Gasteiger partial charge in [0.15, 0.2) is 0 Å². The van der Waals surface area contributed by atoms with Gasteiger partial charge in [0.05, 0.1) is 17.7 Å². The Morgan fingerprint density at radius 3 is 2.63 bits per heavy atom. The number of nitrogens with two attached hydrogens (primary N) is 1. The lowest BCUT2D eigenvalue weighted by molar-refractivity contribution is -0.129. The number of para-hydroxylation sites is 1. The Kier molecular flexibility index (Phi) is 5.68. The van der Waals surface area contributed by atoms with Gasteiger partial charge in [0.25, 0.3) is 5.91 Å². The fourth-order valence-corrected chi connectivity index (χ4v) is 2.71. The predicted octanol–water partition coefficient (Wildman–Crippen LogP) is 2.38. The molecule has 5 N–H and O–H groups in total. The Bertz CT molecular complexity index is 950. The molecule has 0 aliphatic carbocycles. The van der Waals surface area contributed by atoms with Gasteiger partial charge in [-0.15, -0.1) is 0 Å². The van der Waals surface area contributed by atoms with Crippen molar-refractivity contribution >= 4 is 22.8 Å². The minimum absolute atomic E-state index is 0.262. The van der Waals surface area contributed by atoms with Crippen molar-refractivity contribution in [3.63, 3.8) is 0 Å². The van der Waals surface area contributed by atoms with E-state index in [2.05, 4.69) is 9.97 Å². The average molecular weight is 368 g/mol. The minimum atomic E-state index is -0.515. The lowest BCUT2D eigenvalue weighted by atomic mass is 10.2. The highest BCUT2D eigenvalue weighted by molar-refractivity contribution is 6.04. The smallest absolute Gasteiger partial charge is 0.250 e. The first-order valence-electron chi connectivity index (χ1n) is 8.53. The highest BCUT2D eigenvalue weighted by Gasteiger charge is 2.12. The van der Waals surface area contributed by atoms with E-state index >= 15 is 0 Å². The molecule has 0 atom stereocenters. The molecule has 1 heterocycles. The summed E-state index contributed by atoms with van der Waals surface area (Å²) in [5, 5.41) is 8.42. The highest BCUT2D eigenvalue weighted by atomic mass is 16.5. The summed E-state index contributed by atoms with van der Waals surface area (Å²) in [6, 6.07) is 12.6. The number of aromatic amines is 1. The zero-order chi connectivity index (χ0) is 19.2. The Hall–Kier alpha value is -3.39. The number of benzene rings is 2. The predicted molar refractivity (Wildman–Crippen MR) is 99.3 cm³/mol. The Morgan fingerprint density at radius 1 is 1.15 bits per heavy atom. The van der Waals surface area contributed by atoms with Crippen molar-refractivity contribution in [3.05, 3.63) is 48.0 Å². The molecular weight excluding hydrogens is 348 g/mol. The normalized spacial score (nSPS) is 10.7. The van der Waals surface area contributed by atoms with Gasteiger partial charge in [-0.25, -0.2) is 10.5 Å². The Labute approximate surface area is 155 Å². The third-order valence-electron chi connectivity index (χ3n) is 4.10. The summed E-state index contributed by atoms with van der Waals surface area (Å²) >= 11 is 0. The van der Waals surface area contributed by atoms with Crippen molar-refractivity contribution < 1.29 is 19.5 Å². The van der Waals surface area contributed by atoms with E-state index < -0.39 is 11.8 Å². The lowest BCUT2D eigenvalue weighted by Gasteiger charge is -2.06. The molecule has 1 aromatic heterocycles. The first kappa shape index (κ1) is 18.4. The number of hydroxylamine groups is 1. The van der Waals surface area contributed by atoms with E-state index in [-0.39, 0.29) is 6.42 Å². The van der Waals surface area contributed by atoms with Crippen LogP contribution in [0.1, 0.15) is 29.6 Å². The fourth-order valence-electron chi connectivity index (χ4n) is 2.71. The number of nitrogens with one attached hydrogen (secondary N) is 2. The topological polar surface area (TPSA) is 130 Å². The van der Waals surface area contributed by atoms with Crippen LogP contribution in [0.4, 0.5) is 0 Å². The molecule has 0 aliphatic rings. The number of imidazole rings is 1. The van der Waals surface area contributed by atoms with E-state index in [1.54, 1.807) is 17.6 Å². The summed E-state index contributed by atoms with van der Waals surface area (Å²) in [5.41, 5.74) is 9.52. The van der Waals surface area contributed by atoms with Crippen LogP contribution < -0.4 is 16.0 Å². The van der Waals surface area contributed by atoms with Gasteiger partial charge in [-0.2, -0.15) is 0 Å². The number of amides is 2. The van der Waals surface area contributed by atoms with Gasteiger partial charge in [-0.3, -0.25) is 14.8 Å². The van der Waals surface area contributed by atoms with Crippen LogP contribution in [0.25, 0.3) is 22.4 Å². The largest absolute Gasteiger partial charge is 0.494 e. The number of carbonyl (C=O) groups is 2. The van der Waals surface area contributed by atoms with Crippen LogP contribution in [0.2, 0.25) is 0 Å². The zero-order valence-corrected chi connectivity index (χ0v) is 14.6. The number of carbonyl (C=O) groups excluding carboxylic acids is 2. The minimum Gasteiger partial charge on any atom is -0.494 e. The number of H-pyrrole nitrogens is 1.